The topological polar surface area (TPSA) is 120 Å². The van der Waals surface area contributed by atoms with E-state index in [2.05, 4.69) is 39.0 Å². The molecule has 1 aliphatic rings. The fourth-order valence-electron chi connectivity index (χ4n) is 4.59. The van der Waals surface area contributed by atoms with Gasteiger partial charge in [-0.3, -0.25) is 19.6 Å². The molecule has 0 unspecified atom stereocenters. The van der Waals surface area contributed by atoms with Crippen LogP contribution in [0.15, 0.2) is 70.7 Å². The van der Waals surface area contributed by atoms with Crippen LogP contribution in [0.2, 0.25) is 0 Å². The van der Waals surface area contributed by atoms with Gasteiger partial charge in [0.1, 0.15) is 6.54 Å². The van der Waals surface area contributed by atoms with Crippen LogP contribution in [-0.4, -0.2) is 64.9 Å². The molecule has 1 fully saturated rings. The maximum absolute atomic E-state index is 12.9. The number of nitrogens with two attached hydrogens (primary N) is 1. The van der Waals surface area contributed by atoms with E-state index in [1.165, 1.54) is 0 Å². The Morgan fingerprint density at radius 2 is 1.86 bits per heavy atom. The summed E-state index contributed by atoms with van der Waals surface area (Å²) in [6.07, 6.45) is 5.07. The van der Waals surface area contributed by atoms with E-state index in [9.17, 15) is 14.7 Å². The third-order valence-corrected chi connectivity index (χ3v) is 6.53. The number of carbonyl (C=O) groups is 1. The lowest BCUT2D eigenvalue weighted by Gasteiger charge is -2.34. The Morgan fingerprint density at radius 3 is 2.58 bits per heavy atom. The first-order valence-corrected chi connectivity index (χ1v) is 11.8. The van der Waals surface area contributed by atoms with Crippen molar-refractivity contribution in [3.63, 3.8) is 0 Å². The SMILES string of the molecule is CN1CCN(c2ccc(N=Cc3c(O)[nH]c(=O)c4c(-c5ccn(CC(N)=O)c5)cccc34)cc2)CC1. The van der Waals surface area contributed by atoms with Gasteiger partial charge in [-0.25, -0.2) is 0 Å². The average molecular weight is 485 g/mol. The molecule has 2 aromatic carbocycles. The molecule has 2 aromatic heterocycles. The lowest BCUT2D eigenvalue weighted by atomic mass is 9.99. The van der Waals surface area contributed by atoms with Crippen molar-refractivity contribution >= 4 is 34.3 Å². The molecule has 0 saturated carbocycles. The number of hydrogen-bond acceptors (Lipinski definition) is 6. The van der Waals surface area contributed by atoms with Crippen molar-refractivity contribution < 1.29 is 9.90 Å². The first-order valence-electron chi connectivity index (χ1n) is 11.8. The summed E-state index contributed by atoms with van der Waals surface area (Å²) in [5.74, 6) is -0.693. The number of nitrogens with zero attached hydrogens (tertiary/aromatic N) is 4. The first kappa shape index (κ1) is 23.4. The van der Waals surface area contributed by atoms with Gasteiger partial charge < -0.3 is 25.2 Å². The highest BCUT2D eigenvalue weighted by Crippen LogP contribution is 2.30. The van der Waals surface area contributed by atoms with Crippen LogP contribution >= 0.6 is 0 Å². The Morgan fingerprint density at radius 1 is 1.11 bits per heavy atom. The fourth-order valence-corrected chi connectivity index (χ4v) is 4.59. The van der Waals surface area contributed by atoms with Crippen LogP contribution in [0, 0.1) is 0 Å². The quantitative estimate of drug-likeness (QED) is 0.364. The highest BCUT2D eigenvalue weighted by atomic mass is 16.3. The highest BCUT2D eigenvalue weighted by molar-refractivity contribution is 6.07. The van der Waals surface area contributed by atoms with Crippen molar-refractivity contribution in [2.24, 2.45) is 10.7 Å². The predicted molar refractivity (Wildman–Crippen MR) is 142 cm³/mol. The molecule has 0 radical (unpaired) electrons. The Hall–Kier alpha value is -4.37. The van der Waals surface area contributed by atoms with Gasteiger partial charge in [-0.1, -0.05) is 18.2 Å². The number of primary amides is 1. The lowest BCUT2D eigenvalue weighted by Crippen LogP contribution is -2.44. The smallest absolute Gasteiger partial charge is 0.259 e. The standard InChI is InChI=1S/C27H28N6O3/c1-31-11-13-33(14-12-31)20-7-5-19(6-8-20)29-15-23-22-4-2-3-21(25(22)27(36)30-26(23)35)18-9-10-32(16-18)17-24(28)34/h2-10,15-16H,11-14,17H2,1H3,(H2,28,34)(H2,30,35,36). The van der Waals surface area contributed by atoms with E-state index in [1.54, 1.807) is 29.2 Å². The zero-order chi connectivity index (χ0) is 25.2. The zero-order valence-corrected chi connectivity index (χ0v) is 20.0. The van der Waals surface area contributed by atoms with Gasteiger partial charge in [-0.15, -0.1) is 0 Å². The predicted octanol–water partition coefficient (Wildman–Crippen LogP) is 2.69. The third kappa shape index (κ3) is 4.73. The van der Waals surface area contributed by atoms with Crippen LogP contribution in [0.5, 0.6) is 5.88 Å². The number of piperazine rings is 1. The van der Waals surface area contributed by atoms with Crippen molar-refractivity contribution in [1.82, 2.24) is 14.5 Å². The van der Waals surface area contributed by atoms with Crippen LogP contribution in [-0.2, 0) is 11.3 Å². The minimum absolute atomic E-state index is 0.0490. The minimum atomic E-state index is -0.451. The number of amides is 1. The molecule has 184 valence electrons. The molecular formula is C27H28N6O3. The Balaban J connectivity index is 1.47. The van der Waals surface area contributed by atoms with Gasteiger partial charge in [-0.05, 0) is 42.9 Å². The number of anilines is 1. The van der Waals surface area contributed by atoms with Crippen LogP contribution in [0.25, 0.3) is 21.9 Å². The van der Waals surface area contributed by atoms with E-state index < -0.39 is 11.5 Å². The lowest BCUT2D eigenvalue weighted by molar-refractivity contribution is -0.118. The maximum atomic E-state index is 12.9. The number of H-pyrrole nitrogens is 1. The summed E-state index contributed by atoms with van der Waals surface area (Å²) in [5.41, 5.74) is 8.66. The summed E-state index contributed by atoms with van der Waals surface area (Å²) >= 11 is 0. The van der Waals surface area contributed by atoms with Gasteiger partial charge in [0.2, 0.25) is 11.8 Å². The van der Waals surface area contributed by atoms with E-state index in [0.717, 1.165) is 43.1 Å². The maximum Gasteiger partial charge on any atom is 0.259 e. The summed E-state index contributed by atoms with van der Waals surface area (Å²) in [4.78, 5) is 35.9. The van der Waals surface area contributed by atoms with Crippen molar-refractivity contribution in [3.8, 4) is 17.0 Å². The molecule has 1 saturated heterocycles. The molecule has 4 N–H and O–H groups in total. The van der Waals surface area contributed by atoms with Crippen molar-refractivity contribution in [1.29, 1.82) is 0 Å². The molecule has 3 heterocycles. The number of nitrogens with one attached hydrogen (secondary N) is 1. The number of aromatic hydroxyl groups is 1. The molecule has 0 bridgehead atoms. The van der Waals surface area contributed by atoms with Gasteiger partial charge in [0, 0.05) is 61.4 Å². The molecule has 0 atom stereocenters. The Bertz CT molecular complexity index is 1490. The number of fused-ring (bicyclic) bond motifs is 1. The Labute approximate surface area is 208 Å². The number of carbonyl (C=O) groups excluding carboxylic acids is 1. The first-order chi connectivity index (χ1) is 17.4. The number of benzene rings is 2. The normalized spacial score (nSPS) is 14.6. The van der Waals surface area contributed by atoms with E-state index in [-0.39, 0.29) is 12.4 Å². The molecule has 9 heteroatoms. The molecular weight excluding hydrogens is 456 g/mol. The summed E-state index contributed by atoms with van der Waals surface area (Å²) < 4.78 is 1.67. The van der Waals surface area contributed by atoms with E-state index >= 15 is 0 Å². The fraction of sp³-hybridized carbons (Fsp3) is 0.222. The molecule has 0 aliphatic carbocycles. The monoisotopic (exact) mass is 484 g/mol. The zero-order valence-electron chi connectivity index (χ0n) is 20.0. The summed E-state index contributed by atoms with van der Waals surface area (Å²) in [6.45, 7) is 4.11. The number of likely N-dealkylation sites (N-methyl/N-ethyl adjacent to an activating group) is 1. The molecule has 5 rings (SSSR count). The highest BCUT2D eigenvalue weighted by Gasteiger charge is 2.16. The molecule has 4 aromatic rings. The van der Waals surface area contributed by atoms with Gasteiger partial charge in [0.25, 0.3) is 5.56 Å². The second-order valence-corrected chi connectivity index (χ2v) is 9.05. The van der Waals surface area contributed by atoms with Crippen LogP contribution in [0.1, 0.15) is 5.56 Å². The average Bonchev–Trinajstić information content (AvgIpc) is 3.32. The minimum Gasteiger partial charge on any atom is -0.494 e. The molecule has 1 aliphatic heterocycles. The molecule has 36 heavy (non-hydrogen) atoms. The largest absolute Gasteiger partial charge is 0.494 e. The van der Waals surface area contributed by atoms with E-state index in [4.69, 9.17) is 5.73 Å². The van der Waals surface area contributed by atoms with Gasteiger partial charge in [0.05, 0.1) is 16.6 Å². The molecule has 1 amide bonds. The van der Waals surface area contributed by atoms with Crippen LogP contribution in [0.4, 0.5) is 11.4 Å². The van der Waals surface area contributed by atoms with Crippen molar-refractivity contribution in [2.75, 3.05) is 38.1 Å². The van der Waals surface area contributed by atoms with Crippen LogP contribution in [0.3, 0.4) is 0 Å². The number of pyridine rings is 1. The van der Waals surface area contributed by atoms with E-state index in [1.807, 2.05) is 30.3 Å². The number of aliphatic imine (C=N–C) groups is 1. The third-order valence-electron chi connectivity index (χ3n) is 6.53. The molecule has 0 spiro atoms. The van der Waals surface area contributed by atoms with Crippen LogP contribution < -0.4 is 16.2 Å². The molecule has 9 nitrogen and oxygen atoms in total. The van der Waals surface area contributed by atoms with Crippen molar-refractivity contribution in [3.05, 3.63) is 76.8 Å². The number of hydrogen-bond donors (Lipinski definition) is 3. The number of aromatic nitrogens is 2. The number of rotatable bonds is 6. The number of aromatic amines is 1. The van der Waals surface area contributed by atoms with Gasteiger partial charge in [-0.2, -0.15) is 0 Å². The second kappa shape index (κ2) is 9.71. The summed E-state index contributed by atoms with van der Waals surface area (Å²) in [7, 11) is 2.13. The Kier molecular flexibility index (Phi) is 6.30. The van der Waals surface area contributed by atoms with E-state index in [0.29, 0.717) is 21.9 Å². The summed E-state index contributed by atoms with van der Waals surface area (Å²) in [5, 5.41) is 11.6. The van der Waals surface area contributed by atoms with Gasteiger partial charge in [0.15, 0.2) is 0 Å². The summed E-state index contributed by atoms with van der Waals surface area (Å²) in [6, 6.07) is 15.3. The van der Waals surface area contributed by atoms with Gasteiger partial charge >= 0.3 is 0 Å². The van der Waals surface area contributed by atoms with Crippen molar-refractivity contribution in [2.45, 2.75) is 6.54 Å². The second-order valence-electron chi connectivity index (χ2n) is 9.05.